The van der Waals surface area contributed by atoms with Crippen LogP contribution in [0.2, 0.25) is 0 Å². The van der Waals surface area contributed by atoms with Gasteiger partial charge in [0.1, 0.15) is 0 Å². The summed E-state index contributed by atoms with van der Waals surface area (Å²) >= 11 is 0. The van der Waals surface area contributed by atoms with Gasteiger partial charge in [-0.15, -0.1) is 0 Å². The van der Waals surface area contributed by atoms with Gasteiger partial charge in [0.25, 0.3) is 0 Å². The van der Waals surface area contributed by atoms with Gasteiger partial charge in [0.15, 0.2) is 0 Å². The van der Waals surface area contributed by atoms with Crippen LogP contribution in [-0.2, 0) is 0 Å². The summed E-state index contributed by atoms with van der Waals surface area (Å²) in [6.45, 7) is 6.00. The zero-order chi connectivity index (χ0) is 11.7. The van der Waals surface area contributed by atoms with Gasteiger partial charge in [-0.1, -0.05) is 0 Å². The second-order valence-corrected chi connectivity index (χ2v) is 5.58. The van der Waals surface area contributed by atoms with Gasteiger partial charge in [0, 0.05) is 45.3 Å². The zero-order valence-electron chi connectivity index (χ0n) is 10.6. The van der Waals surface area contributed by atoms with Crippen LogP contribution in [0.4, 0.5) is 4.79 Å². The van der Waals surface area contributed by atoms with Crippen molar-refractivity contribution in [1.29, 1.82) is 0 Å². The number of nitrogens with zero attached hydrogens (tertiary/aromatic N) is 3. The predicted octanol–water partition coefficient (Wildman–Crippen LogP) is 1.37. The van der Waals surface area contributed by atoms with Gasteiger partial charge in [-0.25, -0.2) is 4.79 Å². The number of carbonyl (C=O) groups excluding carboxylic acids is 1. The second kappa shape index (κ2) is 4.84. The Hall–Kier alpha value is -0.770. The van der Waals surface area contributed by atoms with Crippen LogP contribution in [0.15, 0.2) is 0 Å². The van der Waals surface area contributed by atoms with Crippen LogP contribution in [0.1, 0.15) is 32.1 Å². The number of likely N-dealkylation sites (tertiary alicyclic amines) is 1. The van der Waals surface area contributed by atoms with Crippen molar-refractivity contribution in [2.45, 2.75) is 38.1 Å². The molecule has 0 aromatic carbocycles. The monoisotopic (exact) mass is 237 g/mol. The number of carbonyl (C=O) groups is 1. The van der Waals surface area contributed by atoms with Crippen molar-refractivity contribution in [2.24, 2.45) is 0 Å². The van der Waals surface area contributed by atoms with E-state index in [4.69, 9.17) is 0 Å². The van der Waals surface area contributed by atoms with E-state index in [1.54, 1.807) is 0 Å². The maximum atomic E-state index is 12.3. The Bertz CT molecular complexity index is 276. The van der Waals surface area contributed by atoms with Crippen molar-refractivity contribution in [3.63, 3.8) is 0 Å². The largest absolute Gasteiger partial charge is 0.325 e. The molecule has 3 rings (SSSR count). The van der Waals surface area contributed by atoms with Crippen molar-refractivity contribution in [3.05, 3.63) is 0 Å². The van der Waals surface area contributed by atoms with Crippen LogP contribution in [-0.4, -0.2) is 66.0 Å². The van der Waals surface area contributed by atoms with Crippen LogP contribution >= 0.6 is 0 Å². The molecule has 1 saturated carbocycles. The highest BCUT2D eigenvalue weighted by atomic mass is 16.2. The molecule has 4 nitrogen and oxygen atoms in total. The average molecular weight is 237 g/mol. The first kappa shape index (κ1) is 11.3. The number of amides is 2. The quantitative estimate of drug-likeness (QED) is 0.689. The van der Waals surface area contributed by atoms with E-state index in [-0.39, 0.29) is 0 Å². The highest BCUT2D eigenvalue weighted by molar-refractivity contribution is 5.74. The lowest BCUT2D eigenvalue weighted by atomic mass is 10.1. The maximum Gasteiger partial charge on any atom is 0.320 e. The Labute approximate surface area is 104 Å². The summed E-state index contributed by atoms with van der Waals surface area (Å²) in [6.07, 6.45) is 6.42. The van der Waals surface area contributed by atoms with Crippen molar-refractivity contribution in [1.82, 2.24) is 14.7 Å². The van der Waals surface area contributed by atoms with E-state index in [0.717, 1.165) is 45.3 Å². The van der Waals surface area contributed by atoms with Gasteiger partial charge in [-0.3, -0.25) is 4.90 Å². The number of piperidine rings is 1. The van der Waals surface area contributed by atoms with Crippen LogP contribution in [0, 0.1) is 0 Å². The van der Waals surface area contributed by atoms with Crippen molar-refractivity contribution < 1.29 is 4.79 Å². The van der Waals surface area contributed by atoms with E-state index >= 15 is 0 Å². The Morgan fingerprint density at radius 1 is 0.765 bits per heavy atom. The highest BCUT2D eigenvalue weighted by Gasteiger charge is 2.33. The number of hydrogen-bond donors (Lipinski definition) is 0. The smallest absolute Gasteiger partial charge is 0.320 e. The van der Waals surface area contributed by atoms with Crippen LogP contribution in [0.5, 0.6) is 0 Å². The lowest BCUT2D eigenvalue weighted by Crippen LogP contribution is -2.54. The van der Waals surface area contributed by atoms with E-state index in [1.807, 2.05) is 0 Å². The summed E-state index contributed by atoms with van der Waals surface area (Å²) in [4.78, 5) is 18.9. The number of rotatable bonds is 1. The van der Waals surface area contributed by atoms with E-state index < -0.39 is 0 Å². The molecule has 0 radical (unpaired) electrons. The molecule has 1 aliphatic carbocycles. The predicted molar refractivity (Wildman–Crippen MR) is 67.0 cm³/mol. The molecule has 2 heterocycles. The first-order valence-electron chi connectivity index (χ1n) is 7.12. The summed E-state index contributed by atoms with van der Waals surface area (Å²) in [6, 6.07) is 1.14. The molecule has 96 valence electrons. The maximum absolute atomic E-state index is 12.3. The lowest BCUT2D eigenvalue weighted by molar-refractivity contribution is 0.104. The summed E-state index contributed by atoms with van der Waals surface area (Å²) in [7, 11) is 0. The SMILES string of the molecule is O=C(N1CCCCC1)N1CCN(C2CC2)CC1. The fraction of sp³-hybridized carbons (Fsp3) is 0.923. The summed E-state index contributed by atoms with van der Waals surface area (Å²) in [5, 5.41) is 0. The van der Waals surface area contributed by atoms with Gasteiger partial charge < -0.3 is 9.80 Å². The third-order valence-corrected chi connectivity index (χ3v) is 4.27. The third kappa shape index (κ3) is 2.57. The molecular weight excluding hydrogens is 214 g/mol. The molecule has 0 aromatic rings. The number of piperazine rings is 1. The summed E-state index contributed by atoms with van der Waals surface area (Å²) in [5.74, 6) is 0. The van der Waals surface area contributed by atoms with Crippen LogP contribution in [0.25, 0.3) is 0 Å². The number of hydrogen-bond acceptors (Lipinski definition) is 2. The molecule has 0 atom stereocenters. The van der Waals surface area contributed by atoms with E-state index in [0.29, 0.717) is 6.03 Å². The molecule has 0 unspecified atom stereocenters. The molecule has 17 heavy (non-hydrogen) atoms. The van der Waals surface area contributed by atoms with Gasteiger partial charge in [-0.2, -0.15) is 0 Å². The van der Waals surface area contributed by atoms with Crippen molar-refractivity contribution >= 4 is 6.03 Å². The van der Waals surface area contributed by atoms with Gasteiger partial charge in [0.2, 0.25) is 0 Å². The zero-order valence-corrected chi connectivity index (χ0v) is 10.6. The standard InChI is InChI=1S/C13H23N3O/c17-13(15-6-2-1-3-7-15)16-10-8-14(9-11-16)12-4-5-12/h12H,1-11H2. The average Bonchev–Trinajstić information content (AvgIpc) is 3.24. The molecule has 2 amide bonds. The molecule has 0 spiro atoms. The first-order chi connectivity index (χ1) is 8.34. The molecule has 4 heteroatoms. The molecule has 2 saturated heterocycles. The normalized spacial score (nSPS) is 27.3. The molecule has 0 aromatic heterocycles. The molecule has 0 bridgehead atoms. The van der Waals surface area contributed by atoms with Crippen molar-refractivity contribution in [2.75, 3.05) is 39.3 Å². The van der Waals surface area contributed by atoms with E-state index in [9.17, 15) is 4.79 Å². The van der Waals surface area contributed by atoms with Gasteiger partial charge in [-0.05, 0) is 32.1 Å². The molecule has 2 aliphatic heterocycles. The summed E-state index contributed by atoms with van der Waals surface area (Å²) in [5.41, 5.74) is 0. The topological polar surface area (TPSA) is 26.8 Å². The second-order valence-electron chi connectivity index (χ2n) is 5.58. The molecule has 0 N–H and O–H groups in total. The Kier molecular flexibility index (Phi) is 3.23. The fourth-order valence-corrected chi connectivity index (χ4v) is 3.00. The van der Waals surface area contributed by atoms with Gasteiger partial charge >= 0.3 is 6.03 Å². The van der Waals surface area contributed by atoms with Crippen molar-refractivity contribution in [3.8, 4) is 0 Å². The molecular formula is C13H23N3O. The van der Waals surface area contributed by atoms with Crippen LogP contribution in [0.3, 0.4) is 0 Å². The van der Waals surface area contributed by atoms with Gasteiger partial charge in [0.05, 0.1) is 0 Å². The van der Waals surface area contributed by atoms with E-state index in [2.05, 4.69) is 14.7 Å². The molecule has 3 aliphatic rings. The highest BCUT2D eigenvalue weighted by Crippen LogP contribution is 2.27. The minimum atomic E-state index is 0.292. The lowest BCUT2D eigenvalue weighted by Gasteiger charge is -2.38. The Morgan fingerprint density at radius 2 is 1.35 bits per heavy atom. The summed E-state index contributed by atoms with van der Waals surface area (Å²) < 4.78 is 0. The number of urea groups is 1. The third-order valence-electron chi connectivity index (χ3n) is 4.27. The first-order valence-corrected chi connectivity index (χ1v) is 7.12. The minimum Gasteiger partial charge on any atom is -0.325 e. The van der Waals surface area contributed by atoms with E-state index in [1.165, 1.54) is 32.1 Å². The fourth-order valence-electron chi connectivity index (χ4n) is 3.00. The molecule has 3 fully saturated rings. The Morgan fingerprint density at radius 3 is 1.94 bits per heavy atom. The Balaban J connectivity index is 1.49. The minimum absolute atomic E-state index is 0.292. The van der Waals surface area contributed by atoms with Crippen LogP contribution < -0.4 is 0 Å².